The lowest BCUT2D eigenvalue weighted by atomic mass is 10.2. The fraction of sp³-hybridized carbons (Fsp3) is 0.267. The molecule has 0 aliphatic carbocycles. The third-order valence-corrected chi connectivity index (χ3v) is 3.12. The molecular formula is C15H19N5O. The summed E-state index contributed by atoms with van der Waals surface area (Å²) in [5, 5.41) is 0. The summed E-state index contributed by atoms with van der Waals surface area (Å²) < 4.78 is 0. The average Bonchev–Trinajstić information content (AvgIpc) is 2.54. The summed E-state index contributed by atoms with van der Waals surface area (Å²) in [6.07, 6.45) is 1.79. The van der Waals surface area contributed by atoms with E-state index in [9.17, 15) is 4.79 Å². The van der Waals surface area contributed by atoms with Gasteiger partial charge in [0.05, 0.1) is 11.4 Å². The van der Waals surface area contributed by atoms with Gasteiger partial charge in [0.2, 0.25) is 0 Å². The molecule has 1 amide bonds. The van der Waals surface area contributed by atoms with Crippen molar-refractivity contribution < 1.29 is 4.79 Å². The largest absolute Gasteiger partial charge is 0.292 e. The van der Waals surface area contributed by atoms with Crippen molar-refractivity contribution in [3.8, 4) is 0 Å². The van der Waals surface area contributed by atoms with Crippen LogP contribution in [-0.2, 0) is 13.1 Å². The predicted molar refractivity (Wildman–Crippen MR) is 79.9 cm³/mol. The molecule has 6 nitrogen and oxygen atoms in total. The molecule has 0 atom stereocenters. The van der Waals surface area contributed by atoms with E-state index in [-0.39, 0.29) is 5.91 Å². The van der Waals surface area contributed by atoms with E-state index in [1.165, 1.54) is 0 Å². The van der Waals surface area contributed by atoms with Crippen LogP contribution >= 0.6 is 0 Å². The van der Waals surface area contributed by atoms with Crippen molar-refractivity contribution >= 4 is 5.91 Å². The number of carbonyl (C=O) groups excluding carboxylic acids is 1. The highest BCUT2D eigenvalue weighted by atomic mass is 16.2. The van der Waals surface area contributed by atoms with Crippen LogP contribution in [0.5, 0.6) is 0 Å². The molecule has 3 N–H and O–H groups in total. The SMILES string of the molecule is CCN(Cc1ccccn1)Cc1cccc(C(=O)NN)n1. The Morgan fingerprint density at radius 2 is 1.95 bits per heavy atom. The number of hydrogen-bond acceptors (Lipinski definition) is 5. The second kappa shape index (κ2) is 7.47. The van der Waals surface area contributed by atoms with E-state index in [0.29, 0.717) is 12.2 Å². The number of nitrogens with zero attached hydrogens (tertiary/aromatic N) is 3. The summed E-state index contributed by atoms with van der Waals surface area (Å²) in [5.74, 6) is 4.74. The number of hydrogen-bond donors (Lipinski definition) is 2. The van der Waals surface area contributed by atoms with Gasteiger partial charge in [-0.15, -0.1) is 0 Å². The molecule has 21 heavy (non-hydrogen) atoms. The van der Waals surface area contributed by atoms with Crippen LogP contribution in [0.3, 0.4) is 0 Å². The Bertz CT molecular complexity index is 588. The van der Waals surface area contributed by atoms with Gasteiger partial charge < -0.3 is 0 Å². The van der Waals surface area contributed by atoms with E-state index in [4.69, 9.17) is 5.84 Å². The average molecular weight is 285 g/mol. The Balaban J connectivity index is 2.06. The number of nitrogen functional groups attached to an aromatic ring is 1. The van der Waals surface area contributed by atoms with Gasteiger partial charge in [0.25, 0.3) is 5.91 Å². The van der Waals surface area contributed by atoms with Crippen LogP contribution in [0.2, 0.25) is 0 Å². The van der Waals surface area contributed by atoms with E-state index in [0.717, 1.165) is 24.5 Å². The van der Waals surface area contributed by atoms with Crippen molar-refractivity contribution in [2.45, 2.75) is 20.0 Å². The number of nitrogens with one attached hydrogen (secondary N) is 1. The maximum Gasteiger partial charge on any atom is 0.283 e. The van der Waals surface area contributed by atoms with E-state index < -0.39 is 0 Å². The third-order valence-electron chi connectivity index (χ3n) is 3.12. The zero-order chi connectivity index (χ0) is 15.1. The maximum absolute atomic E-state index is 11.5. The summed E-state index contributed by atoms with van der Waals surface area (Å²) >= 11 is 0. The van der Waals surface area contributed by atoms with Crippen molar-refractivity contribution in [2.75, 3.05) is 6.54 Å². The Morgan fingerprint density at radius 3 is 2.62 bits per heavy atom. The number of rotatable bonds is 6. The van der Waals surface area contributed by atoms with E-state index in [2.05, 4.69) is 27.2 Å². The van der Waals surface area contributed by atoms with E-state index in [1.54, 1.807) is 12.3 Å². The fourth-order valence-electron chi connectivity index (χ4n) is 2.00. The van der Waals surface area contributed by atoms with Crippen molar-refractivity contribution in [3.05, 3.63) is 59.7 Å². The monoisotopic (exact) mass is 285 g/mol. The Labute approximate surface area is 124 Å². The van der Waals surface area contributed by atoms with Crippen molar-refractivity contribution in [1.29, 1.82) is 0 Å². The molecule has 2 heterocycles. The van der Waals surface area contributed by atoms with E-state index >= 15 is 0 Å². The van der Waals surface area contributed by atoms with Gasteiger partial charge in [-0.25, -0.2) is 10.8 Å². The summed E-state index contributed by atoms with van der Waals surface area (Å²) in [6.45, 7) is 4.34. The number of amides is 1. The first-order valence-electron chi connectivity index (χ1n) is 6.82. The molecule has 0 aliphatic heterocycles. The highest BCUT2D eigenvalue weighted by molar-refractivity contribution is 5.91. The second-order valence-corrected chi connectivity index (χ2v) is 4.61. The predicted octanol–water partition coefficient (Wildman–Crippen LogP) is 1.10. The van der Waals surface area contributed by atoms with Gasteiger partial charge in [0, 0.05) is 19.3 Å². The number of carbonyl (C=O) groups is 1. The minimum absolute atomic E-state index is 0.323. The highest BCUT2D eigenvalue weighted by Gasteiger charge is 2.09. The lowest BCUT2D eigenvalue weighted by molar-refractivity contribution is 0.0948. The standard InChI is InChI=1S/C15H19N5O/c1-2-20(10-12-6-3-4-9-17-12)11-13-7-5-8-14(18-13)15(21)19-16/h3-9H,2,10-11,16H2,1H3,(H,19,21). The molecule has 0 saturated carbocycles. The minimum atomic E-state index is -0.385. The van der Waals surface area contributed by atoms with Gasteiger partial charge >= 0.3 is 0 Å². The van der Waals surface area contributed by atoms with Crippen LogP contribution in [0.4, 0.5) is 0 Å². The summed E-state index contributed by atoms with van der Waals surface area (Å²) in [5.41, 5.74) is 4.25. The van der Waals surface area contributed by atoms with Crippen molar-refractivity contribution in [3.63, 3.8) is 0 Å². The minimum Gasteiger partial charge on any atom is -0.292 e. The van der Waals surface area contributed by atoms with Crippen LogP contribution in [0.1, 0.15) is 28.8 Å². The van der Waals surface area contributed by atoms with Crippen LogP contribution in [0, 0.1) is 0 Å². The summed E-state index contributed by atoms with van der Waals surface area (Å²) in [6, 6.07) is 11.2. The third kappa shape index (κ3) is 4.34. The molecule has 0 fully saturated rings. The smallest absolute Gasteiger partial charge is 0.283 e. The number of hydrazine groups is 1. The van der Waals surface area contributed by atoms with Crippen molar-refractivity contribution in [2.24, 2.45) is 5.84 Å². The van der Waals surface area contributed by atoms with Crippen LogP contribution < -0.4 is 11.3 Å². The molecule has 0 saturated heterocycles. The normalized spacial score (nSPS) is 10.6. The molecule has 0 bridgehead atoms. The quantitative estimate of drug-likeness (QED) is 0.472. The summed E-state index contributed by atoms with van der Waals surface area (Å²) in [4.78, 5) is 22.3. The first-order chi connectivity index (χ1) is 10.2. The van der Waals surface area contributed by atoms with Crippen LogP contribution in [0.25, 0.3) is 0 Å². The maximum atomic E-state index is 11.5. The zero-order valence-electron chi connectivity index (χ0n) is 12.0. The molecule has 2 aromatic heterocycles. The molecule has 2 rings (SSSR count). The molecule has 0 radical (unpaired) electrons. The van der Waals surface area contributed by atoms with Gasteiger partial charge in [-0.05, 0) is 30.8 Å². The molecule has 0 aromatic carbocycles. The molecule has 2 aromatic rings. The number of aromatic nitrogens is 2. The fourth-order valence-corrected chi connectivity index (χ4v) is 2.00. The van der Waals surface area contributed by atoms with Crippen molar-refractivity contribution in [1.82, 2.24) is 20.3 Å². The topological polar surface area (TPSA) is 84.1 Å². The lowest BCUT2D eigenvalue weighted by Gasteiger charge is -2.19. The first kappa shape index (κ1) is 15.1. The summed E-state index contributed by atoms with van der Waals surface area (Å²) in [7, 11) is 0. The van der Waals surface area contributed by atoms with E-state index in [1.807, 2.05) is 30.3 Å². The molecule has 110 valence electrons. The molecule has 6 heteroatoms. The molecule has 0 aliphatic rings. The van der Waals surface area contributed by atoms with Crippen LogP contribution in [-0.4, -0.2) is 27.3 Å². The van der Waals surface area contributed by atoms with Gasteiger partial charge in [0.1, 0.15) is 5.69 Å². The highest BCUT2D eigenvalue weighted by Crippen LogP contribution is 2.07. The molecule has 0 unspecified atom stereocenters. The van der Waals surface area contributed by atoms with Gasteiger partial charge in [-0.2, -0.15) is 0 Å². The number of pyridine rings is 2. The Hall–Kier alpha value is -2.31. The van der Waals surface area contributed by atoms with Crippen LogP contribution in [0.15, 0.2) is 42.6 Å². The van der Waals surface area contributed by atoms with Gasteiger partial charge in [-0.1, -0.05) is 19.1 Å². The number of nitrogens with two attached hydrogens (primary N) is 1. The Kier molecular flexibility index (Phi) is 5.36. The second-order valence-electron chi connectivity index (χ2n) is 4.61. The lowest BCUT2D eigenvalue weighted by Crippen LogP contribution is -2.31. The molecular weight excluding hydrogens is 266 g/mol. The Morgan fingerprint density at radius 1 is 1.19 bits per heavy atom. The van der Waals surface area contributed by atoms with Gasteiger partial charge in [0.15, 0.2) is 0 Å². The molecule has 0 spiro atoms. The van der Waals surface area contributed by atoms with Gasteiger partial charge in [-0.3, -0.25) is 20.1 Å². The first-order valence-corrected chi connectivity index (χ1v) is 6.82. The zero-order valence-corrected chi connectivity index (χ0v) is 12.0.